The average molecular weight is 481 g/mol. The molecule has 1 saturated heterocycles. The van der Waals surface area contributed by atoms with Gasteiger partial charge in [0.1, 0.15) is 5.75 Å². The number of pyridine rings is 2. The highest BCUT2D eigenvalue weighted by molar-refractivity contribution is 7.91. The third kappa shape index (κ3) is 5.57. The molecule has 0 bridgehead atoms. The van der Waals surface area contributed by atoms with E-state index < -0.39 is 39.6 Å². The lowest BCUT2D eigenvalue weighted by Gasteiger charge is -2.14. The summed E-state index contributed by atoms with van der Waals surface area (Å²) in [5, 5.41) is 13.0. The van der Waals surface area contributed by atoms with Crippen molar-refractivity contribution in [2.45, 2.75) is 24.7 Å². The van der Waals surface area contributed by atoms with E-state index in [0.29, 0.717) is 28.5 Å². The van der Waals surface area contributed by atoms with Gasteiger partial charge in [0.15, 0.2) is 9.84 Å². The van der Waals surface area contributed by atoms with Gasteiger partial charge in [-0.15, -0.1) is 0 Å². The Bertz CT molecular complexity index is 1300. The summed E-state index contributed by atoms with van der Waals surface area (Å²) in [6, 6.07) is 9.30. The van der Waals surface area contributed by atoms with Crippen molar-refractivity contribution in [2.75, 3.05) is 11.5 Å². The number of carbonyl (C=O) groups excluding carboxylic acids is 1. The van der Waals surface area contributed by atoms with Gasteiger partial charge in [-0.3, -0.25) is 9.78 Å². The molecule has 2 atom stereocenters. The topological polar surface area (TPSA) is 118 Å². The number of hydrogen-bond donors (Lipinski definition) is 2. The third-order valence-electron chi connectivity index (χ3n) is 5.02. The van der Waals surface area contributed by atoms with E-state index in [4.69, 9.17) is 4.74 Å². The minimum Gasteiger partial charge on any atom is -0.439 e. The number of ether oxygens (including phenoxy) is 1. The van der Waals surface area contributed by atoms with E-state index in [0.717, 1.165) is 12.1 Å². The van der Waals surface area contributed by atoms with Gasteiger partial charge in [0, 0.05) is 17.6 Å². The molecular weight excluding hydrogens is 463 g/mol. The summed E-state index contributed by atoms with van der Waals surface area (Å²) in [5.74, 6) is -0.797. The molecule has 4 rings (SSSR count). The maximum atomic E-state index is 12.6. The molecule has 1 aliphatic heterocycles. The molecule has 0 radical (unpaired) electrons. The predicted molar refractivity (Wildman–Crippen MR) is 111 cm³/mol. The number of aliphatic hydroxyl groups is 1. The number of alkyl halides is 3. The van der Waals surface area contributed by atoms with E-state index in [-0.39, 0.29) is 23.8 Å². The Morgan fingerprint density at radius 2 is 1.94 bits per heavy atom. The number of halogens is 3. The van der Waals surface area contributed by atoms with E-state index in [1.807, 2.05) is 0 Å². The molecule has 12 heteroatoms. The average Bonchev–Trinajstić information content (AvgIpc) is 2.98. The third-order valence-corrected chi connectivity index (χ3v) is 6.73. The van der Waals surface area contributed by atoms with E-state index >= 15 is 0 Å². The SMILES string of the molecule is O=C(Cc1ccc2cc(Oc3ccc(C(F)(F)F)cn3)ccc2n1)N[C@H]1CS(=O)(=O)C[C@H]1O. The second kappa shape index (κ2) is 8.60. The molecule has 3 aromatic rings. The van der Waals surface area contributed by atoms with Gasteiger partial charge < -0.3 is 15.2 Å². The van der Waals surface area contributed by atoms with Crippen molar-refractivity contribution in [3.05, 3.63) is 59.9 Å². The summed E-state index contributed by atoms with van der Waals surface area (Å²) in [4.78, 5) is 20.3. The minimum absolute atomic E-state index is 0.000264. The monoisotopic (exact) mass is 481 g/mol. The zero-order chi connectivity index (χ0) is 23.8. The molecule has 2 N–H and O–H groups in total. The highest BCUT2D eigenvalue weighted by atomic mass is 32.2. The van der Waals surface area contributed by atoms with Crippen molar-refractivity contribution in [2.24, 2.45) is 0 Å². The van der Waals surface area contributed by atoms with Gasteiger partial charge >= 0.3 is 6.18 Å². The number of aromatic nitrogens is 2. The Morgan fingerprint density at radius 1 is 1.15 bits per heavy atom. The van der Waals surface area contributed by atoms with Gasteiger partial charge in [-0.25, -0.2) is 13.4 Å². The largest absolute Gasteiger partial charge is 0.439 e. The number of amides is 1. The molecule has 0 saturated carbocycles. The van der Waals surface area contributed by atoms with Crippen LogP contribution in [0.1, 0.15) is 11.3 Å². The lowest BCUT2D eigenvalue weighted by molar-refractivity contribution is -0.137. The molecule has 174 valence electrons. The zero-order valence-corrected chi connectivity index (χ0v) is 17.7. The Labute approximate surface area is 186 Å². The van der Waals surface area contributed by atoms with Crippen LogP contribution in [0.2, 0.25) is 0 Å². The molecular formula is C21H18F3N3O5S. The normalized spacial score (nSPS) is 20.0. The lowest BCUT2D eigenvalue weighted by atomic mass is 10.1. The number of fused-ring (bicyclic) bond motifs is 1. The number of sulfone groups is 1. The van der Waals surface area contributed by atoms with E-state index in [1.165, 1.54) is 0 Å². The zero-order valence-electron chi connectivity index (χ0n) is 16.9. The van der Waals surface area contributed by atoms with Crippen LogP contribution in [0.3, 0.4) is 0 Å². The molecule has 1 fully saturated rings. The van der Waals surface area contributed by atoms with Crippen LogP contribution in [0, 0.1) is 0 Å². The first kappa shape index (κ1) is 22.9. The first-order valence-corrected chi connectivity index (χ1v) is 11.6. The van der Waals surface area contributed by atoms with Crippen molar-refractivity contribution >= 4 is 26.6 Å². The van der Waals surface area contributed by atoms with Crippen molar-refractivity contribution in [3.8, 4) is 11.6 Å². The van der Waals surface area contributed by atoms with Crippen LogP contribution in [-0.2, 0) is 27.2 Å². The number of nitrogens with zero attached hydrogens (tertiary/aromatic N) is 2. The van der Waals surface area contributed by atoms with Crippen LogP contribution >= 0.6 is 0 Å². The number of benzene rings is 1. The molecule has 1 aromatic carbocycles. The summed E-state index contributed by atoms with van der Waals surface area (Å²) in [6.07, 6.45) is -5.04. The van der Waals surface area contributed by atoms with Gasteiger partial charge in [-0.2, -0.15) is 13.2 Å². The van der Waals surface area contributed by atoms with E-state index in [1.54, 1.807) is 30.3 Å². The summed E-state index contributed by atoms with van der Waals surface area (Å²) in [6.45, 7) is 0. The predicted octanol–water partition coefficient (Wildman–Crippen LogP) is 2.26. The van der Waals surface area contributed by atoms with Crippen LogP contribution in [0.5, 0.6) is 11.6 Å². The van der Waals surface area contributed by atoms with Crippen LogP contribution < -0.4 is 10.1 Å². The smallest absolute Gasteiger partial charge is 0.417 e. The summed E-state index contributed by atoms with van der Waals surface area (Å²) < 4.78 is 66.5. The Kier molecular flexibility index (Phi) is 5.97. The molecule has 33 heavy (non-hydrogen) atoms. The van der Waals surface area contributed by atoms with Crippen molar-refractivity contribution in [3.63, 3.8) is 0 Å². The van der Waals surface area contributed by atoms with Crippen LogP contribution in [0.4, 0.5) is 13.2 Å². The molecule has 0 spiro atoms. The standard InChI is InChI=1S/C21H18F3N3O5S/c22-21(23,24)13-2-6-20(25-9-13)32-15-4-5-16-12(7-15)1-3-14(26-16)8-19(29)27-17-10-33(30,31)11-18(17)28/h1-7,9,17-18,28H,8,10-11H2,(H,27,29)/t17-,18+/m0/s1. The molecule has 8 nitrogen and oxygen atoms in total. The van der Waals surface area contributed by atoms with Crippen LogP contribution in [-0.4, -0.2) is 53.1 Å². The Balaban J connectivity index is 1.42. The summed E-state index contributed by atoms with van der Waals surface area (Å²) >= 11 is 0. The highest BCUT2D eigenvalue weighted by Gasteiger charge is 2.37. The highest BCUT2D eigenvalue weighted by Crippen LogP contribution is 2.30. The number of rotatable bonds is 5. The van der Waals surface area contributed by atoms with Crippen LogP contribution in [0.15, 0.2) is 48.7 Å². The van der Waals surface area contributed by atoms with Crippen molar-refractivity contribution in [1.82, 2.24) is 15.3 Å². The van der Waals surface area contributed by atoms with Crippen molar-refractivity contribution < 1.29 is 36.2 Å². The maximum absolute atomic E-state index is 12.6. The molecule has 1 aliphatic rings. The van der Waals surface area contributed by atoms with Gasteiger partial charge in [0.25, 0.3) is 0 Å². The maximum Gasteiger partial charge on any atom is 0.417 e. The fourth-order valence-corrected chi connectivity index (χ4v) is 5.17. The first-order chi connectivity index (χ1) is 15.5. The Hall–Kier alpha value is -3.25. The molecule has 1 amide bonds. The second-order valence-corrected chi connectivity index (χ2v) is 9.79. The number of aliphatic hydroxyl groups excluding tert-OH is 1. The summed E-state index contributed by atoms with van der Waals surface area (Å²) in [5.41, 5.74) is 0.114. The fourth-order valence-electron chi connectivity index (χ4n) is 3.43. The van der Waals surface area contributed by atoms with E-state index in [2.05, 4.69) is 15.3 Å². The number of carbonyl (C=O) groups is 1. The minimum atomic E-state index is -4.48. The molecule has 3 heterocycles. The molecule has 0 unspecified atom stereocenters. The fraction of sp³-hybridized carbons (Fsp3) is 0.286. The quantitative estimate of drug-likeness (QED) is 0.574. The first-order valence-electron chi connectivity index (χ1n) is 9.77. The lowest BCUT2D eigenvalue weighted by Crippen LogP contribution is -2.43. The summed E-state index contributed by atoms with van der Waals surface area (Å²) in [7, 11) is -3.37. The van der Waals surface area contributed by atoms with Gasteiger partial charge in [0.2, 0.25) is 11.8 Å². The van der Waals surface area contributed by atoms with E-state index in [9.17, 15) is 31.5 Å². The number of nitrogens with one attached hydrogen (secondary N) is 1. The van der Waals surface area contributed by atoms with Gasteiger partial charge in [-0.1, -0.05) is 6.07 Å². The molecule has 2 aromatic heterocycles. The van der Waals surface area contributed by atoms with Crippen molar-refractivity contribution in [1.29, 1.82) is 0 Å². The van der Waals surface area contributed by atoms with Gasteiger partial charge in [-0.05, 0) is 30.3 Å². The number of hydrogen-bond acceptors (Lipinski definition) is 7. The molecule has 0 aliphatic carbocycles. The van der Waals surface area contributed by atoms with Crippen LogP contribution in [0.25, 0.3) is 10.9 Å². The Morgan fingerprint density at radius 3 is 2.58 bits per heavy atom. The second-order valence-electron chi connectivity index (χ2n) is 7.64. The van der Waals surface area contributed by atoms with Gasteiger partial charge in [0.05, 0.1) is 46.8 Å².